The molecule has 1 amide bonds. The lowest BCUT2D eigenvalue weighted by molar-refractivity contribution is -0.0261. The van der Waals surface area contributed by atoms with Crippen molar-refractivity contribution in [1.29, 1.82) is 0 Å². The normalized spacial score (nSPS) is 18.1. The largest absolute Gasteiger partial charge is 0.389 e. The zero-order chi connectivity index (χ0) is 23.5. The minimum atomic E-state index is -0.732. The number of aliphatic hydroxyl groups is 1. The van der Waals surface area contributed by atoms with Crippen LogP contribution in [0.25, 0.3) is 17.1 Å². The van der Waals surface area contributed by atoms with Gasteiger partial charge in [0.2, 0.25) is 0 Å². The highest BCUT2D eigenvalue weighted by molar-refractivity contribution is 5.93. The molecule has 4 aromatic rings. The van der Waals surface area contributed by atoms with Crippen molar-refractivity contribution < 1.29 is 14.6 Å². The zero-order valence-electron chi connectivity index (χ0n) is 18.8. The molecule has 3 aromatic heterocycles. The minimum absolute atomic E-state index is 0.214. The Hall–Kier alpha value is -3.82. The summed E-state index contributed by atoms with van der Waals surface area (Å²) in [6.07, 6.45) is 5.83. The number of carbonyl (C=O) groups is 1. The summed E-state index contributed by atoms with van der Waals surface area (Å²) in [6.45, 7) is 0.716. The highest BCUT2D eigenvalue weighted by atomic mass is 16.5. The van der Waals surface area contributed by atoms with E-state index in [2.05, 4.69) is 32.6 Å². The van der Waals surface area contributed by atoms with Crippen molar-refractivity contribution in [1.82, 2.24) is 29.9 Å². The number of aliphatic hydroxyl groups excluding tert-OH is 1. The summed E-state index contributed by atoms with van der Waals surface area (Å²) >= 11 is 0. The van der Waals surface area contributed by atoms with Gasteiger partial charge in [0.1, 0.15) is 5.69 Å². The molecule has 1 aromatic carbocycles. The molecule has 174 valence electrons. The Morgan fingerprint density at radius 2 is 2.03 bits per heavy atom. The van der Waals surface area contributed by atoms with Crippen molar-refractivity contribution in [3.63, 3.8) is 0 Å². The summed E-state index contributed by atoms with van der Waals surface area (Å²) in [6, 6.07) is 15.4. The topological polar surface area (TPSA) is 107 Å². The summed E-state index contributed by atoms with van der Waals surface area (Å²) in [5.41, 5.74) is 4.29. The summed E-state index contributed by atoms with van der Waals surface area (Å²) < 4.78 is 8.67. The lowest BCUT2D eigenvalue weighted by Gasteiger charge is -2.28. The van der Waals surface area contributed by atoms with Crippen molar-refractivity contribution in [3.05, 3.63) is 83.9 Å². The number of amides is 1. The van der Waals surface area contributed by atoms with Crippen molar-refractivity contribution in [3.8, 4) is 17.1 Å². The predicted octanol–water partition coefficient (Wildman–Crippen LogP) is 2.14. The van der Waals surface area contributed by atoms with Crippen LogP contribution in [0.2, 0.25) is 0 Å². The first-order valence-electron chi connectivity index (χ1n) is 11.2. The maximum absolute atomic E-state index is 13.0. The van der Waals surface area contributed by atoms with Crippen molar-refractivity contribution in [2.75, 3.05) is 13.2 Å². The Morgan fingerprint density at radius 1 is 1.18 bits per heavy atom. The van der Waals surface area contributed by atoms with Gasteiger partial charge in [-0.3, -0.25) is 9.48 Å². The van der Waals surface area contributed by atoms with E-state index in [0.29, 0.717) is 25.3 Å². The van der Waals surface area contributed by atoms with Crippen molar-refractivity contribution in [2.24, 2.45) is 7.05 Å². The van der Waals surface area contributed by atoms with Gasteiger partial charge in [-0.25, -0.2) is 9.67 Å². The molecule has 0 spiro atoms. The van der Waals surface area contributed by atoms with E-state index in [0.717, 1.165) is 22.4 Å². The van der Waals surface area contributed by atoms with Crippen LogP contribution in [-0.2, 0) is 18.2 Å². The number of nitrogens with zero attached hydrogens (tertiary/aromatic N) is 5. The SMILES string of the molecule is Cn1ccc(-c2ccc(Cc3cc(C(=O)N[C@H]4CCOC[C@@H]4O)nc(-n4cccn4)c3)cc2)n1. The van der Waals surface area contributed by atoms with Gasteiger partial charge in [-0.05, 0) is 48.2 Å². The monoisotopic (exact) mass is 458 g/mol. The Bertz CT molecular complexity index is 1270. The van der Waals surface area contributed by atoms with E-state index in [1.165, 1.54) is 0 Å². The Morgan fingerprint density at radius 3 is 2.74 bits per heavy atom. The number of carbonyl (C=O) groups excluding carboxylic acids is 1. The van der Waals surface area contributed by atoms with Crippen LogP contribution in [-0.4, -0.2) is 60.9 Å². The second kappa shape index (κ2) is 9.58. The Kier molecular flexibility index (Phi) is 6.20. The third kappa shape index (κ3) is 4.90. The number of rotatable bonds is 6. The molecule has 34 heavy (non-hydrogen) atoms. The molecule has 2 atom stereocenters. The van der Waals surface area contributed by atoms with Crippen molar-refractivity contribution in [2.45, 2.75) is 25.0 Å². The number of nitrogens with one attached hydrogen (secondary N) is 1. The molecule has 0 saturated carbocycles. The van der Waals surface area contributed by atoms with Crippen LogP contribution < -0.4 is 5.32 Å². The molecule has 1 aliphatic rings. The van der Waals surface area contributed by atoms with Gasteiger partial charge in [0.05, 0.1) is 24.4 Å². The first-order valence-corrected chi connectivity index (χ1v) is 11.2. The number of benzene rings is 1. The second-order valence-electron chi connectivity index (χ2n) is 8.43. The van der Waals surface area contributed by atoms with Crippen LogP contribution in [0.1, 0.15) is 28.0 Å². The third-order valence-corrected chi connectivity index (χ3v) is 5.86. The quantitative estimate of drug-likeness (QED) is 0.459. The van der Waals surface area contributed by atoms with Gasteiger partial charge in [-0.2, -0.15) is 10.2 Å². The molecule has 1 aliphatic heterocycles. The molecule has 0 unspecified atom stereocenters. The molecule has 1 fully saturated rings. The molecule has 2 N–H and O–H groups in total. The maximum Gasteiger partial charge on any atom is 0.270 e. The van der Waals surface area contributed by atoms with E-state index >= 15 is 0 Å². The van der Waals surface area contributed by atoms with Crippen LogP contribution >= 0.6 is 0 Å². The fourth-order valence-corrected chi connectivity index (χ4v) is 4.04. The fraction of sp³-hybridized carbons (Fsp3) is 0.280. The summed E-state index contributed by atoms with van der Waals surface area (Å²) in [5.74, 6) is 0.233. The summed E-state index contributed by atoms with van der Waals surface area (Å²) in [5, 5.41) is 21.8. The molecule has 0 radical (unpaired) electrons. The zero-order valence-corrected chi connectivity index (χ0v) is 18.8. The van der Waals surface area contributed by atoms with Gasteiger partial charge in [0.15, 0.2) is 5.82 Å². The van der Waals surface area contributed by atoms with Crippen LogP contribution in [0.4, 0.5) is 0 Å². The molecule has 1 saturated heterocycles. The average molecular weight is 459 g/mol. The number of ether oxygens (including phenoxy) is 1. The Labute approximate surface area is 197 Å². The lowest BCUT2D eigenvalue weighted by atomic mass is 10.0. The van der Waals surface area contributed by atoms with E-state index in [9.17, 15) is 9.90 Å². The van der Waals surface area contributed by atoms with E-state index in [4.69, 9.17) is 4.74 Å². The van der Waals surface area contributed by atoms with Gasteiger partial charge < -0.3 is 15.2 Å². The highest BCUT2D eigenvalue weighted by Crippen LogP contribution is 2.20. The van der Waals surface area contributed by atoms with E-state index < -0.39 is 6.10 Å². The minimum Gasteiger partial charge on any atom is -0.389 e. The molecule has 9 nitrogen and oxygen atoms in total. The molecular weight excluding hydrogens is 432 g/mol. The number of aromatic nitrogens is 5. The molecule has 0 aliphatic carbocycles. The average Bonchev–Trinajstić information content (AvgIpc) is 3.53. The van der Waals surface area contributed by atoms with E-state index in [1.807, 2.05) is 43.6 Å². The first kappa shape index (κ1) is 22.0. The van der Waals surface area contributed by atoms with Crippen LogP contribution in [0.5, 0.6) is 0 Å². The number of hydrogen-bond acceptors (Lipinski definition) is 6. The van der Waals surface area contributed by atoms with Gasteiger partial charge in [0, 0.05) is 37.8 Å². The van der Waals surface area contributed by atoms with Gasteiger partial charge in [-0.15, -0.1) is 0 Å². The molecular formula is C25H26N6O3. The van der Waals surface area contributed by atoms with Crippen LogP contribution in [0.15, 0.2) is 67.1 Å². The first-order chi connectivity index (χ1) is 16.5. The van der Waals surface area contributed by atoms with E-state index in [-0.39, 0.29) is 24.2 Å². The fourth-order valence-electron chi connectivity index (χ4n) is 4.04. The summed E-state index contributed by atoms with van der Waals surface area (Å²) in [7, 11) is 1.90. The predicted molar refractivity (Wildman–Crippen MR) is 126 cm³/mol. The number of aryl methyl sites for hydroxylation is 1. The number of hydrogen-bond donors (Lipinski definition) is 2. The van der Waals surface area contributed by atoms with E-state index in [1.54, 1.807) is 27.8 Å². The molecule has 5 rings (SSSR count). The van der Waals surface area contributed by atoms with Gasteiger partial charge in [-0.1, -0.05) is 24.3 Å². The standard InChI is InChI=1S/C25H26N6O3/c1-30-11-7-20(29-30)19-5-3-17(4-6-19)13-18-14-22(27-24(15-18)31-10-2-9-26-31)25(33)28-21-8-12-34-16-23(21)32/h2-7,9-11,14-15,21,23,32H,8,12-13,16H2,1H3,(H,28,33)/t21-,23-/m0/s1. The van der Waals surface area contributed by atoms with Crippen LogP contribution in [0, 0.1) is 0 Å². The van der Waals surface area contributed by atoms with Gasteiger partial charge >= 0.3 is 0 Å². The number of pyridine rings is 1. The maximum atomic E-state index is 13.0. The summed E-state index contributed by atoms with van der Waals surface area (Å²) in [4.78, 5) is 17.6. The molecule has 9 heteroatoms. The third-order valence-electron chi connectivity index (χ3n) is 5.86. The molecule has 0 bridgehead atoms. The smallest absolute Gasteiger partial charge is 0.270 e. The highest BCUT2D eigenvalue weighted by Gasteiger charge is 2.26. The Balaban J connectivity index is 1.40. The lowest BCUT2D eigenvalue weighted by Crippen LogP contribution is -2.48. The van der Waals surface area contributed by atoms with Crippen molar-refractivity contribution >= 4 is 5.91 Å². The second-order valence-corrected chi connectivity index (χ2v) is 8.43. The van der Waals surface area contributed by atoms with Gasteiger partial charge in [0.25, 0.3) is 5.91 Å². The van der Waals surface area contributed by atoms with Crippen LogP contribution in [0.3, 0.4) is 0 Å². The molecule has 4 heterocycles.